The van der Waals surface area contributed by atoms with E-state index in [0.29, 0.717) is 18.7 Å². The molecule has 0 radical (unpaired) electrons. The minimum Gasteiger partial charge on any atom is -0.381 e. The third-order valence-electron chi connectivity index (χ3n) is 3.26. The Kier molecular flexibility index (Phi) is 3.38. The monoisotopic (exact) mass is 209 g/mol. The van der Waals surface area contributed by atoms with E-state index in [4.69, 9.17) is 10.5 Å². The van der Waals surface area contributed by atoms with Gasteiger partial charge in [0.25, 0.3) is 0 Å². The number of methoxy groups -OCH3 is 1. The van der Waals surface area contributed by atoms with Crippen molar-refractivity contribution in [1.29, 1.82) is 0 Å². The van der Waals surface area contributed by atoms with Gasteiger partial charge >= 0.3 is 0 Å². The average molecular weight is 209 g/mol. The van der Waals surface area contributed by atoms with Crippen molar-refractivity contribution in [3.05, 3.63) is 18.2 Å². The second kappa shape index (κ2) is 4.77. The van der Waals surface area contributed by atoms with Crippen LogP contribution in [-0.2, 0) is 11.3 Å². The molecule has 2 rings (SSSR count). The van der Waals surface area contributed by atoms with Crippen LogP contribution in [0.2, 0.25) is 0 Å². The van der Waals surface area contributed by atoms with E-state index in [1.807, 2.05) is 12.4 Å². The first-order valence-electron chi connectivity index (χ1n) is 5.59. The van der Waals surface area contributed by atoms with Crippen molar-refractivity contribution >= 4 is 0 Å². The van der Waals surface area contributed by atoms with Gasteiger partial charge in [-0.15, -0.1) is 0 Å². The van der Waals surface area contributed by atoms with Crippen molar-refractivity contribution in [2.24, 2.45) is 5.73 Å². The molecular formula is C11H19N3O. The van der Waals surface area contributed by atoms with Crippen molar-refractivity contribution in [3.8, 4) is 0 Å². The Morgan fingerprint density at radius 3 is 3.20 bits per heavy atom. The van der Waals surface area contributed by atoms with Gasteiger partial charge in [0, 0.05) is 25.5 Å². The fourth-order valence-electron chi connectivity index (χ4n) is 2.42. The molecule has 15 heavy (non-hydrogen) atoms. The zero-order valence-corrected chi connectivity index (χ0v) is 9.22. The topological polar surface area (TPSA) is 53.1 Å². The second-order valence-corrected chi connectivity index (χ2v) is 4.13. The molecule has 2 unspecified atom stereocenters. The first kappa shape index (κ1) is 10.6. The molecule has 0 aliphatic heterocycles. The standard InChI is InChI=1S/C11H19N3O/c1-15-10-4-2-3-9(7-10)14-6-5-13-11(14)8-12/h5-6,9-10H,2-4,7-8,12H2,1H3. The van der Waals surface area contributed by atoms with Crippen LogP contribution in [0.1, 0.15) is 37.5 Å². The van der Waals surface area contributed by atoms with E-state index in [1.165, 1.54) is 19.3 Å². The van der Waals surface area contributed by atoms with Crippen LogP contribution in [0.25, 0.3) is 0 Å². The summed E-state index contributed by atoms with van der Waals surface area (Å²) >= 11 is 0. The number of nitrogens with two attached hydrogens (primary N) is 1. The molecule has 1 heterocycles. The molecular weight excluding hydrogens is 190 g/mol. The lowest BCUT2D eigenvalue weighted by Crippen LogP contribution is -2.25. The van der Waals surface area contributed by atoms with Crippen molar-refractivity contribution in [2.75, 3.05) is 7.11 Å². The maximum absolute atomic E-state index is 5.65. The van der Waals surface area contributed by atoms with Gasteiger partial charge in [-0.1, -0.05) is 0 Å². The van der Waals surface area contributed by atoms with Gasteiger partial charge in [0.05, 0.1) is 12.6 Å². The Balaban J connectivity index is 2.09. The Hall–Kier alpha value is -0.870. The number of aromatic nitrogens is 2. The molecule has 2 atom stereocenters. The van der Waals surface area contributed by atoms with Crippen LogP contribution in [0, 0.1) is 0 Å². The largest absolute Gasteiger partial charge is 0.381 e. The third kappa shape index (κ3) is 2.21. The summed E-state index contributed by atoms with van der Waals surface area (Å²) in [6.07, 6.45) is 8.97. The predicted octanol–water partition coefficient (Wildman–Crippen LogP) is 1.47. The quantitative estimate of drug-likeness (QED) is 0.820. The number of rotatable bonds is 3. The molecule has 1 aromatic rings. The van der Waals surface area contributed by atoms with E-state index in [1.54, 1.807) is 7.11 Å². The van der Waals surface area contributed by atoms with E-state index < -0.39 is 0 Å². The fourth-order valence-corrected chi connectivity index (χ4v) is 2.42. The van der Waals surface area contributed by atoms with E-state index in [2.05, 4.69) is 9.55 Å². The van der Waals surface area contributed by atoms with Gasteiger partial charge in [-0.05, 0) is 25.7 Å². The number of hydrogen-bond donors (Lipinski definition) is 1. The Morgan fingerprint density at radius 1 is 1.60 bits per heavy atom. The predicted molar refractivity (Wildman–Crippen MR) is 58.4 cm³/mol. The lowest BCUT2D eigenvalue weighted by molar-refractivity contribution is 0.0525. The zero-order valence-electron chi connectivity index (χ0n) is 9.22. The summed E-state index contributed by atoms with van der Waals surface area (Å²) in [4.78, 5) is 4.26. The maximum Gasteiger partial charge on any atom is 0.122 e. The van der Waals surface area contributed by atoms with Crippen LogP contribution in [0.5, 0.6) is 0 Å². The van der Waals surface area contributed by atoms with Gasteiger partial charge < -0.3 is 15.0 Å². The molecule has 0 spiro atoms. The minimum atomic E-state index is 0.400. The molecule has 2 N–H and O–H groups in total. The van der Waals surface area contributed by atoms with Crippen molar-refractivity contribution < 1.29 is 4.74 Å². The highest BCUT2D eigenvalue weighted by Gasteiger charge is 2.23. The van der Waals surface area contributed by atoms with Crippen molar-refractivity contribution in [3.63, 3.8) is 0 Å². The highest BCUT2D eigenvalue weighted by Crippen LogP contribution is 2.30. The van der Waals surface area contributed by atoms with Gasteiger partial charge in [0.15, 0.2) is 0 Å². The Labute approximate surface area is 90.4 Å². The second-order valence-electron chi connectivity index (χ2n) is 4.13. The molecule has 4 heteroatoms. The average Bonchev–Trinajstić information content (AvgIpc) is 2.77. The van der Waals surface area contributed by atoms with Crippen LogP contribution >= 0.6 is 0 Å². The summed E-state index contributed by atoms with van der Waals surface area (Å²) in [5.41, 5.74) is 5.65. The first-order valence-corrected chi connectivity index (χ1v) is 5.59. The number of nitrogens with zero attached hydrogens (tertiary/aromatic N) is 2. The summed E-state index contributed by atoms with van der Waals surface area (Å²) < 4.78 is 7.64. The molecule has 0 bridgehead atoms. The van der Waals surface area contributed by atoms with Gasteiger partial charge in [-0.2, -0.15) is 0 Å². The Morgan fingerprint density at radius 2 is 2.47 bits per heavy atom. The van der Waals surface area contributed by atoms with Gasteiger partial charge in [-0.3, -0.25) is 0 Å². The lowest BCUT2D eigenvalue weighted by atomic mass is 9.92. The number of ether oxygens (including phenoxy) is 1. The molecule has 1 aromatic heterocycles. The SMILES string of the molecule is COC1CCCC(n2ccnc2CN)C1. The molecule has 0 saturated heterocycles. The van der Waals surface area contributed by atoms with E-state index >= 15 is 0 Å². The molecule has 1 fully saturated rings. The minimum absolute atomic E-state index is 0.400. The van der Waals surface area contributed by atoms with Crippen LogP contribution in [-0.4, -0.2) is 22.8 Å². The van der Waals surface area contributed by atoms with E-state index in [9.17, 15) is 0 Å². The summed E-state index contributed by atoms with van der Waals surface area (Å²) in [5, 5.41) is 0. The van der Waals surface area contributed by atoms with Crippen LogP contribution < -0.4 is 5.73 Å². The molecule has 0 amide bonds. The van der Waals surface area contributed by atoms with Crippen LogP contribution in [0.15, 0.2) is 12.4 Å². The van der Waals surface area contributed by atoms with Gasteiger partial charge in [0.2, 0.25) is 0 Å². The van der Waals surface area contributed by atoms with Crippen molar-refractivity contribution in [1.82, 2.24) is 9.55 Å². The highest BCUT2D eigenvalue weighted by atomic mass is 16.5. The normalized spacial score (nSPS) is 26.8. The third-order valence-corrected chi connectivity index (χ3v) is 3.26. The van der Waals surface area contributed by atoms with Gasteiger partial charge in [-0.25, -0.2) is 4.98 Å². The van der Waals surface area contributed by atoms with Crippen LogP contribution in [0.3, 0.4) is 0 Å². The Bertz CT molecular complexity index is 311. The summed E-state index contributed by atoms with van der Waals surface area (Å²) in [5.74, 6) is 0.983. The molecule has 1 aliphatic carbocycles. The summed E-state index contributed by atoms with van der Waals surface area (Å²) in [6.45, 7) is 0.515. The summed E-state index contributed by atoms with van der Waals surface area (Å²) in [7, 11) is 1.80. The maximum atomic E-state index is 5.65. The van der Waals surface area contributed by atoms with Crippen molar-refractivity contribution in [2.45, 2.75) is 44.4 Å². The highest BCUT2D eigenvalue weighted by molar-refractivity contribution is 4.96. The fraction of sp³-hybridized carbons (Fsp3) is 0.727. The molecule has 0 aromatic carbocycles. The number of hydrogen-bond acceptors (Lipinski definition) is 3. The lowest BCUT2D eigenvalue weighted by Gasteiger charge is -2.29. The van der Waals surface area contributed by atoms with E-state index in [-0.39, 0.29) is 0 Å². The molecule has 4 nitrogen and oxygen atoms in total. The first-order chi connectivity index (χ1) is 7.35. The van der Waals surface area contributed by atoms with Gasteiger partial charge in [0.1, 0.15) is 5.82 Å². The number of imidazole rings is 1. The van der Waals surface area contributed by atoms with E-state index in [0.717, 1.165) is 12.2 Å². The zero-order chi connectivity index (χ0) is 10.7. The van der Waals surface area contributed by atoms with Crippen LogP contribution in [0.4, 0.5) is 0 Å². The molecule has 1 saturated carbocycles. The molecule has 1 aliphatic rings. The molecule has 84 valence electrons. The smallest absolute Gasteiger partial charge is 0.122 e. The summed E-state index contributed by atoms with van der Waals surface area (Å²) in [6, 6.07) is 0.518.